The molecule has 0 bridgehead atoms. The molecule has 0 unspecified atom stereocenters. The van der Waals surface area contributed by atoms with Crippen molar-refractivity contribution in [1.82, 2.24) is 19.6 Å². The van der Waals surface area contributed by atoms with Crippen molar-refractivity contribution in [2.75, 3.05) is 13.6 Å². The lowest BCUT2D eigenvalue weighted by molar-refractivity contribution is -0.122. The van der Waals surface area contributed by atoms with E-state index in [1.54, 1.807) is 6.20 Å². The van der Waals surface area contributed by atoms with Crippen molar-refractivity contribution >= 4 is 22.2 Å². The molecule has 108 valence electrons. The predicted molar refractivity (Wildman–Crippen MR) is 79.0 cm³/mol. The topological polar surface area (TPSA) is 66.7 Å². The monoisotopic (exact) mass is 294 g/mol. The smallest absolute Gasteiger partial charge is 0.258 e. The molecule has 0 radical (unpaired) electrons. The first-order valence-corrected chi connectivity index (χ1v) is 7.27. The second-order valence-corrected chi connectivity index (χ2v) is 5.91. The van der Waals surface area contributed by atoms with Gasteiger partial charge in [-0.25, -0.2) is 4.98 Å². The molecule has 0 aliphatic rings. The first kappa shape index (κ1) is 14.7. The maximum absolute atomic E-state index is 11.8. The van der Waals surface area contributed by atoms with E-state index in [0.29, 0.717) is 17.2 Å². The Morgan fingerprint density at radius 2 is 2.30 bits per heavy atom. The average Bonchev–Trinajstić information content (AvgIpc) is 2.75. The molecule has 2 heterocycles. The van der Waals surface area contributed by atoms with Gasteiger partial charge in [-0.2, -0.15) is 0 Å². The number of hydrogen-bond acceptors (Lipinski definition) is 5. The number of rotatable bonds is 5. The van der Waals surface area contributed by atoms with E-state index >= 15 is 0 Å². The Balaban J connectivity index is 2.04. The fraction of sp³-hybridized carbons (Fsp3) is 0.462. The first-order valence-electron chi connectivity index (χ1n) is 6.39. The first-order chi connectivity index (χ1) is 9.45. The van der Waals surface area contributed by atoms with Crippen molar-refractivity contribution in [3.8, 4) is 0 Å². The molecule has 20 heavy (non-hydrogen) atoms. The van der Waals surface area contributed by atoms with E-state index in [-0.39, 0.29) is 24.1 Å². The van der Waals surface area contributed by atoms with Gasteiger partial charge >= 0.3 is 0 Å². The summed E-state index contributed by atoms with van der Waals surface area (Å²) >= 11 is 1.42. The molecule has 6 nitrogen and oxygen atoms in total. The van der Waals surface area contributed by atoms with Gasteiger partial charge in [0.25, 0.3) is 5.56 Å². The van der Waals surface area contributed by atoms with E-state index < -0.39 is 0 Å². The van der Waals surface area contributed by atoms with E-state index in [1.807, 2.05) is 31.2 Å². The molecule has 2 aromatic heterocycles. The summed E-state index contributed by atoms with van der Waals surface area (Å²) in [4.78, 5) is 30.4. The van der Waals surface area contributed by atoms with Crippen molar-refractivity contribution in [3.05, 3.63) is 33.7 Å². The summed E-state index contributed by atoms with van der Waals surface area (Å²) in [5.74, 6) is -0.0311. The Morgan fingerprint density at radius 1 is 1.55 bits per heavy atom. The van der Waals surface area contributed by atoms with Crippen molar-refractivity contribution in [2.24, 2.45) is 0 Å². The number of likely N-dealkylation sites (N-methyl/N-ethyl adjacent to an activating group) is 1. The summed E-state index contributed by atoms with van der Waals surface area (Å²) in [6, 6.07) is 1.64. The summed E-state index contributed by atoms with van der Waals surface area (Å²) in [6.07, 6.45) is 1.71. The molecular formula is C13H18N4O2S. The molecule has 2 rings (SSSR count). The fourth-order valence-corrected chi connectivity index (χ4v) is 2.65. The zero-order valence-electron chi connectivity index (χ0n) is 11.8. The number of aromatic nitrogens is 2. The van der Waals surface area contributed by atoms with E-state index in [4.69, 9.17) is 0 Å². The zero-order chi connectivity index (χ0) is 14.7. The molecular weight excluding hydrogens is 276 g/mol. The molecule has 0 spiro atoms. The van der Waals surface area contributed by atoms with Gasteiger partial charge in [-0.05, 0) is 20.9 Å². The van der Waals surface area contributed by atoms with E-state index in [1.165, 1.54) is 21.8 Å². The highest BCUT2D eigenvalue weighted by Crippen LogP contribution is 2.07. The third kappa shape index (κ3) is 3.64. The second kappa shape index (κ2) is 6.15. The van der Waals surface area contributed by atoms with E-state index in [2.05, 4.69) is 10.3 Å². The van der Waals surface area contributed by atoms with Gasteiger partial charge in [-0.15, -0.1) is 11.3 Å². The number of nitrogens with zero attached hydrogens (tertiary/aromatic N) is 3. The Labute approximate surface area is 121 Å². The van der Waals surface area contributed by atoms with Crippen LogP contribution in [0, 0.1) is 0 Å². The number of nitrogens with one attached hydrogen (secondary N) is 1. The van der Waals surface area contributed by atoms with Gasteiger partial charge in [0.05, 0.1) is 12.2 Å². The van der Waals surface area contributed by atoms with Crippen LogP contribution in [0.2, 0.25) is 0 Å². The second-order valence-electron chi connectivity index (χ2n) is 5.04. The van der Waals surface area contributed by atoms with Crippen molar-refractivity contribution in [1.29, 1.82) is 0 Å². The van der Waals surface area contributed by atoms with Crippen LogP contribution >= 0.6 is 11.3 Å². The highest BCUT2D eigenvalue weighted by molar-refractivity contribution is 7.15. The minimum atomic E-state index is -0.0914. The minimum absolute atomic E-state index is 0.0311. The molecule has 1 amide bonds. The molecule has 0 saturated carbocycles. The Kier molecular flexibility index (Phi) is 4.51. The van der Waals surface area contributed by atoms with Crippen LogP contribution in [0.5, 0.6) is 0 Å². The molecule has 2 aromatic rings. The number of carbonyl (C=O) groups is 1. The van der Waals surface area contributed by atoms with E-state index in [0.717, 1.165) is 0 Å². The molecule has 0 aliphatic carbocycles. The molecule has 1 N–H and O–H groups in total. The van der Waals surface area contributed by atoms with Crippen LogP contribution < -0.4 is 10.9 Å². The third-order valence-corrected chi connectivity index (χ3v) is 3.41. The number of fused-ring (bicyclic) bond motifs is 1. The van der Waals surface area contributed by atoms with Gasteiger partial charge in [0.1, 0.15) is 0 Å². The number of thiazole rings is 1. The highest BCUT2D eigenvalue weighted by Gasteiger charge is 2.10. The van der Waals surface area contributed by atoms with Gasteiger partial charge in [0.2, 0.25) is 5.91 Å². The van der Waals surface area contributed by atoms with Crippen molar-refractivity contribution < 1.29 is 4.79 Å². The standard InChI is InChI=1S/C13H18N4O2S/c1-9(2)14-11(18)8-16(3)7-10-6-12(19)17-4-5-20-13(17)15-10/h4-6,9H,7-8H2,1-3H3,(H,14,18). The minimum Gasteiger partial charge on any atom is -0.353 e. The summed E-state index contributed by atoms with van der Waals surface area (Å²) < 4.78 is 1.51. The predicted octanol–water partition coefficient (Wildman–Crippen LogP) is 0.712. The largest absolute Gasteiger partial charge is 0.353 e. The zero-order valence-corrected chi connectivity index (χ0v) is 12.6. The van der Waals surface area contributed by atoms with Crippen LogP contribution in [0.15, 0.2) is 22.4 Å². The van der Waals surface area contributed by atoms with Crippen LogP contribution in [-0.2, 0) is 11.3 Å². The molecule has 0 aliphatic heterocycles. The SMILES string of the molecule is CC(C)NC(=O)CN(C)Cc1cc(=O)n2ccsc2n1. The summed E-state index contributed by atoms with van der Waals surface area (Å²) in [7, 11) is 1.83. The maximum atomic E-state index is 11.8. The van der Waals surface area contributed by atoms with Gasteiger partial charge in [-0.1, -0.05) is 0 Å². The van der Waals surface area contributed by atoms with Gasteiger partial charge in [0.15, 0.2) is 4.96 Å². The lowest BCUT2D eigenvalue weighted by atomic mass is 10.3. The lowest BCUT2D eigenvalue weighted by Gasteiger charge is -2.16. The third-order valence-electron chi connectivity index (χ3n) is 2.65. The van der Waals surface area contributed by atoms with Crippen molar-refractivity contribution in [3.63, 3.8) is 0 Å². The van der Waals surface area contributed by atoms with Crippen LogP contribution in [0.1, 0.15) is 19.5 Å². The normalized spacial score (nSPS) is 11.4. The number of hydrogen-bond donors (Lipinski definition) is 1. The summed E-state index contributed by atoms with van der Waals surface area (Å²) in [5, 5.41) is 4.66. The number of amides is 1. The van der Waals surface area contributed by atoms with Gasteiger partial charge < -0.3 is 5.32 Å². The Bertz CT molecular complexity index is 662. The quantitative estimate of drug-likeness (QED) is 0.882. The summed E-state index contributed by atoms with van der Waals surface area (Å²) in [6.45, 7) is 4.59. The van der Waals surface area contributed by atoms with Crippen LogP contribution in [-0.4, -0.2) is 39.8 Å². The Morgan fingerprint density at radius 3 is 3.00 bits per heavy atom. The lowest BCUT2D eigenvalue weighted by Crippen LogP contribution is -2.38. The van der Waals surface area contributed by atoms with Crippen LogP contribution in [0.3, 0.4) is 0 Å². The van der Waals surface area contributed by atoms with Gasteiger partial charge in [0, 0.05) is 30.2 Å². The van der Waals surface area contributed by atoms with Crippen LogP contribution in [0.25, 0.3) is 4.96 Å². The highest BCUT2D eigenvalue weighted by atomic mass is 32.1. The molecule has 7 heteroatoms. The Hall–Kier alpha value is -1.73. The molecule has 0 saturated heterocycles. The van der Waals surface area contributed by atoms with E-state index in [9.17, 15) is 9.59 Å². The maximum Gasteiger partial charge on any atom is 0.258 e. The van der Waals surface area contributed by atoms with Crippen LogP contribution in [0.4, 0.5) is 0 Å². The van der Waals surface area contributed by atoms with Gasteiger partial charge in [-0.3, -0.25) is 18.9 Å². The summed E-state index contributed by atoms with van der Waals surface area (Å²) in [5.41, 5.74) is 0.587. The fourth-order valence-electron chi connectivity index (χ4n) is 1.91. The average molecular weight is 294 g/mol. The van der Waals surface area contributed by atoms with Crippen molar-refractivity contribution in [2.45, 2.75) is 26.4 Å². The molecule has 0 atom stereocenters. The molecule has 0 aromatic carbocycles. The number of carbonyl (C=O) groups excluding carboxylic acids is 1. The molecule has 0 fully saturated rings.